The lowest BCUT2D eigenvalue weighted by atomic mass is 10.2. The van der Waals surface area contributed by atoms with Gasteiger partial charge in [-0.3, -0.25) is 0 Å². The van der Waals surface area contributed by atoms with Crippen LogP contribution in [0, 0.1) is 11.3 Å². The third-order valence-corrected chi connectivity index (χ3v) is 5.25. The highest BCUT2D eigenvalue weighted by Crippen LogP contribution is 2.33. The highest BCUT2D eigenvalue weighted by Gasteiger charge is 2.15. The molecule has 0 atom stereocenters. The number of hydrogen-bond acceptors (Lipinski definition) is 5. The van der Waals surface area contributed by atoms with Gasteiger partial charge in [-0.15, -0.1) is 0 Å². The first-order chi connectivity index (χ1) is 13.7. The van der Waals surface area contributed by atoms with Crippen LogP contribution >= 0.6 is 11.8 Å². The van der Waals surface area contributed by atoms with E-state index >= 15 is 0 Å². The van der Waals surface area contributed by atoms with Crippen LogP contribution in [0.3, 0.4) is 0 Å². The van der Waals surface area contributed by atoms with E-state index in [4.69, 9.17) is 4.74 Å². The van der Waals surface area contributed by atoms with Crippen LogP contribution in [0.5, 0.6) is 0 Å². The average molecular weight is 385 g/mol. The van der Waals surface area contributed by atoms with Crippen molar-refractivity contribution in [3.8, 4) is 6.07 Å². The van der Waals surface area contributed by atoms with Gasteiger partial charge in [0, 0.05) is 22.2 Å². The van der Waals surface area contributed by atoms with Crippen LogP contribution in [0.15, 0.2) is 88.9 Å². The van der Waals surface area contributed by atoms with E-state index in [9.17, 15) is 10.1 Å². The van der Waals surface area contributed by atoms with Crippen LogP contribution in [0.4, 0.5) is 0 Å². The topological polar surface area (TPSA) is 67.4 Å². The number of hydrogen-bond donors (Lipinski definition) is 0. The van der Waals surface area contributed by atoms with Gasteiger partial charge in [-0.1, -0.05) is 42.1 Å². The number of nitriles is 1. The van der Waals surface area contributed by atoms with Crippen LogP contribution in [0.25, 0.3) is 5.65 Å². The molecule has 0 amide bonds. The van der Waals surface area contributed by atoms with Gasteiger partial charge in [0.05, 0.1) is 16.8 Å². The lowest BCUT2D eigenvalue weighted by Gasteiger charge is -2.09. The van der Waals surface area contributed by atoms with E-state index in [-0.39, 0.29) is 6.61 Å². The van der Waals surface area contributed by atoms with Gasteiger partial charge in [0.15, 0.2) is 0 Å². The summed E-state index contributed by atoms with van der Waals surface area (Å²) in [4.78, 5) is 18.6. The molecule has 4 aromatic rings. The molecule has 5 nitrogen and oxygen atoms in total. The fourth-order valence-electron chi connectivity index (χ4n) is 2.76. The number of aromatic nitrogens is 2. The number of fused-ring (bicyclic) bond motifs is 1. The number of benzene rings is 2. The van der Waals surface area contributed by atoms with Gasteiger partial charge in [0.2, 0.25) is 0 Å². The van der Waals surface area contributed by atoms with E-state index in [0.717, 1.165) is 15.4 Å². The fraction of sp³-hybridized carbons (Fsp3) is 0.0455. The summed E-state index contributed by atoms with van der Waals surface area (Å²) in [5.74, 6) is -0.422. The Morgan fingerprint density at radius 3 is 2.61 bits per heavy atom. The molecule has 0 fully saturated rings. The van der Waals surface area contributed by atoms with Gasteiger partial charge in [0.1, 0.15) is 18.3 Å². The van der Waals surface area contributed by atoms with E-state index in [0.29, 0.717) is 16.8 Å². The van der Waals surface area contributed by atoms with Crippen molar-refractivity contribution in [1.82, 2.24) is 9.38 Å². The van der Waals surface area contributed by atoms with E-state index in [2.05, 4.69) is 11.1 Å². The minimum absolute atomic E-state index is 0.0916. The molecule has 2 heterocycles. The Morgan fingerprint density at radius 2 is 1.79 bits per heavy atom. The molecule has 2 aromatic heterocycles. The van der Waals surface area contributed by atoms with Crippen molar-refractivity contribution in [2.24, 2.45) is 0 Å². The molecule has 4 rings (SSSR count). The van der Waals surface area contributed by atoms with E-state index < -0.39 is 5.97 Å². The van der Waals surface area contributed by atoms with Crippen LogP contribution in [0.2, 0.25) is 0 Å². The molecule has 0 N–H and O–H groups in total. The summed E-state index contributed by atoms with van der Waals surface area (Å²) in [6.45, 7) is 0.0916. The highest BCUT2D eigenvalue weighted by atomic mass is 32.2. The summed E-state index contributed by atoms with van der Waals surface area (Å²) in [6.07, 6.45) is 3.73. The minimum atomic E-state index is -0.422. The Morgan fingerprint density at radius 1 is 1.04 bits per heavy atom. The van der Waals surface area contributed by atoms with Gasteiger partial charge >= 0.3 is 5.97 Å². The number of carbonyl (C=O) groups is 1. The Hall–Kier alpha value is -3.56. The standard InChI is InChI=1S/C22H15N3O2S/c23-13-16-7-1-3-9-19(16)28-20-10-4-2-8-18(20)22(26)27-15-17-14-25-12-6-5-11-21(25)24-17/h1-12,14H,15H2. The number of esters is 1. The Kier molecular flexibility index (Phi) is 5.09. The SMILES string of the molecule is N#Cc1ccccc1Sc1ccccc1C(=O)OCc1cn2ccccc2n1. The van der Waals surface area contributed by atoms with E-state index in [1.54, 1.807) is 18.2 Å². The van der Waals surface area contributed by atoms with Gasteiger partial charge in [-0.05, 0) is 36.4 Å². The number of carbonyl (C=O) groups excluding carboxylic acids is 1. The van der Waals surface area contributed by atoms with Crippen molar-refractivity contribution in [1.29, 1.82) is 5.26 Å². The third kappa shape index (κ3) is 3.75. The molecule has 0 radical (unpaired) electrons. The first kappa shape index (κ1) is 17.8. The largest absolute Gasteiger partial charge is 0.455 e. The second-order valence-electron chi connectivity index (χ2n) is 5.98. The van der Waals surface area contributed by atoms with Crippen molar-refractivity contribution in [3.05, 3.63) is 95.9 Å². The molecule has 0 aliphatic heterocycles. The second-order valence-corrected chi connectivity index (χ2v) is 7.06. The van der Waals surface area contributed by atoms with Crippen molar-refractivity contribution in [2.75, 3.05) is 0 Å². The molecular formula is C22H15N3O2S. The monoisotopic (exact) mass is 385 g/mol. The summed E-state index contributed by atoms with van der Waals surface area (Å²) in [7, 11) is 0. The normalized spacial score (nSPS) is 10.5. The van der Waals surface area contributed by atoms with E-state index in [1.165, 1.54) is 11.8 Å². The highest BCUT2D eigenvalue weighted by molar-refractivity contribution is 7.99. The molecular weight excluding hydrogens is 370 g/mol. The molecule has 0 unspecified atom stereocenters. The summed E-state index contributed by atoms with van der Waals surface area (Å²) < 4.78 is 7.37. The zero-order chi connectivity index (χ0) is 19.3. The van der Waals surface area contributed by atoms with E-state index in [1.807, 2.05) is 65.3 Å². The maximum absolute atomic E-state index is 12.7. The van der Waals surface area contributed by atoms with Crippen LogP contribution in [-0.4, -0.2) is 15.4 Å². The summed E-state index contributed by atoms with van der Waals surface area (Å²) in [5.41, 5.74) is 2.52. The van der Waals surface area contributed by atoms with Crippen LogP contribution < -0.4 is 0 Å². The molecule has 0 saturated heterocycles. The number of ether oxygens (including phenoxy) is 1. The smallest absolute Gasteiger partial charge is 0.339 e. The molecule has 136 valence electrons. The Balaban J connectivity index is 1.52. The third-order valence-electron chi connectivity index (χ3n) is 4.10. The number of imidazole rings is 1. The van der Waals surface area contributed by atoms with Crippen molar-refractivity contribution < 1.29 is 9.53 Å². The fourth-order valence-corrected chi connectivity index (χ4v) is 3.78. The van der Waals surface area contributed by atoms with Crippen LogP contribution in [0.1, 0.15) is 21.6 Å². The van der Waals surface area contributed by atoms with Gasteiger partial charge < -0.3 is 9.14 Å². The minimum Gasteiger partial charge on any atom is -0.455 e. The molecule has 0 aliphatic carbocycles. The zero-order valence-corrected chi connectivity index (χ0v) is 15.6. The second kappa shape index (κ2) is 7.99. The first-order valence-corrected chi connectivity index (χ1v) is 9.42. The van der Waals surface area contributed by atoms with Gasteiger partial charge in [0.25, 0.3) is 0 Å². The lowest BCUT2D eigenvalue weighted by Crippen LogP contribution is -2.06. The predicted molar refractivity (Wildman–Crippen MR) is 106 cm³/mol. The summed E-state index contributed by atoms with van der Waals surface area (Å²) >= 11 is 1.38. The number of rotatable bonds is 5. The van der Waals surface area contributed by atoms with Gasteiger partial charge in [-0.2, -0.15) is 5.26 Å². The summed E-state index contributed by atoms with van der Waals surface area (Å²) in [6, 6.07) is 22.4. The molecule has 28 heavy (non-hydrogen) atoms. The van der Waals surface area contributed by atoms with Crippen molar-refractivity contribution >= 4 is 23.4 Å². The quantitative estimate of drug-likeness (QED) is 0.465. The first-order valence-electron chi connectivity index (χ1n) is 8.60. The summed E-state index contributed by atoms with van der Waals surface area (Å²) in [5, 5.41) is 9.28. The maximum Gasteiger partial charge on any atom is 0.339 e. The Bertz CT molecular complexity index is 1160. The maximum atomic E-state index is 12.7. The molecule has 0 spiro atoms. The van der Waals surface area contributed by atoms with Crippen molar-refractivity contribution in [3.63, 3.8) is 0 Å². The molecule has 6 heteroatoms. The molecule has 0 saturated carbocycles. The zero-order valence-electron chi connectivity index (χ0n) is 14.8. The molecule has 0 bridgehead atoms. The Labute approximate surface area is 166 Å². The number of nitrogens with zero attached hydrogens (tertiary/aromatic N) is 3. The van der Waals surface area contributed by atoms with Crippen LogP contribution in [-0.2, 0) is 11.3 Å². The van der Waals surface area contributed by atoms with Crippen molar-refractivity contribution in [2.45, 2.75) is 16.4 Å². The number of pyridine rings is 1. The average Bonchev–Trinajstić information content (AvgIpc) is 3.16. The lowest BCUT2D eigenvalue weighted by molar-refractivity contribution is 0.0464. The predicted octanol–water partition coefficient (Wildman–Crippen LogP) is 4.71. The van der Waals surface area contributed by atoms with Gasteiger partial charge in [-0.25, -0.2) is 9.78 Å². The molecule has 2 aromatic carbocycles. The molecule has 0 aliphatic rings.